The lowest BCUT2D eigenvalue weighted by Crippen LogP contribution is -2.41. The lowest BCUT2D eigenvalue weighted by Gasteiger charge is -2.31. The largest absolute Gasteiger partial charge is 0.495 e. The third-order valence-electron chi connectivity index (χ3n) is 5.69. The van der Waals surface area contributed by atoms with Crippen molar-refractivity contribution in [2.75, 3.05) is 25.5 Å². The summed E-state index contributed by atoms with van der Waals surface area (Å²) >= 11 is 0. The molecule has 1 aliphatic heterocycles. The van der Waals surface area contributed by atoms with Gasteiger partial charge in [0.05, 0.1) is 7.11 Å². The molecule has 1 amide bonds. The van der Waals surface area contributed by atoms with Crippen molar-refractivity contribution in [3.8, 4) is 5.75 Å². The van der Waals surface area contributed by atoms with Gasteiger partial charge in [-0.15, -0.1) is 0 Å². The van der Waals surface area contributed by atoms with Gasteiger partial charge < -0.3 is 10.1 Å². The van der Waals surface area contributed by atoms with Crippen LogP contribution in [-0.2, 0) is 14.8 Å². The summed E-state index contributed by atoms with van der Waals surface area (Å²) in [6.07, 6.45) is 0.978. The van der Waals surface area contributed by atoms with Crippen molar-refractivity contribution in [2.45, 2.75) is 45.4 Å². The van der Waals surface area contributed by atoms with Crippen LogP contribution in [0, 0.1) is 33.6 Å². The van der Waals surface area contributed by atoms with Crippen molar-refractivity contribution >= 4 is 21.6 Å². The predicted molar refractivity (Wildman–Crippen MR) is 118 cm³/mol. The van der Waals surface area contributed by atoms with E-state index in [4.69, 9.17) is 4.74 Å². The number of piperidine rings is 1. The molecule has 0 aliphatic carbocycles. The van der Waals surface area contributed by atoms with E-state index in [0.29, 0.717) is 31.7 Å². The highest BCUT2D eigenvalue weighted by Gasteiger charge is 2.34. The van der Waals surface area contributed by atoms with Crippen molar-refractivity contribution in [1.29, 1.82) is 0 Å². The fourth-order valence-corrected chi connectivity index (χ4v) is 5.80. The van der Waals surface area contributed by atoms with Gasteiger partial charge in [-0.2, -0.15) is 4.31 Å². The molecular formula is C23H30N2O4S. The Balaban J connectivity index is 1.70. The number of carbonyl (C=O) groups excluding carboxylic acids is 1. The van der Waals surface area contributed by atoms with Gasteiger partial charge in [-0.3, -0.25) is 4.79 Å². The lowest BCUT2D eigenvalue weighted by atomic mass is 9.96. The molecule has 0 unspecified atom stereocenters. The highest BCUT2D eigenvalue weighted by molar-refractivity contribution is 7.89. The van der Waals surface area contributed by atoms with Gasteiger partial charge in [-0.05, 0) is 69.4 Å². The summed E-state index contributed by atoms with van der Waals surface area (Å²) in [5.74, 6) is 0.0805. The maximum absolute atomic E-state index is 13.2. The van der Waals surface area contributed by atoms with E-state index in [-0.39, 0.29) is 16.7 Å². The molecule has 1 fully saturated rings. The first kappa shape index (κ1) is 22.3. The van der Waals surface area contributed by atoms with E-state index in [0.717, 1.165) is 27.9 Å². The van der Waals surface area contributed by atoms with Gasteiger partial charge in [0.25, 0.3) is 0 Å². The molecule has 7 heteroatoms. The van der Waals surface area contributed by atoms with E-state index in [1.807, 2.05) is 45.9 Å². The molecular weight excluding hydrogens is 400 g/mol. The molecule has 162 valence electrons. The minimum absolute atomic E-state index is 0.0461. The van der Waals surface area contributed by atoms with Crippen LogP contribution in [-0.4, -0.2) is 38.8 Å². The summed E-state index contributed by atoms with van der Waals surface area (Å²) in [7, 11) is -2.21. The van der Waals surface area contributed by atoms with Crippen LogP contribution in [0.5, 0.6) is 5.75 Å². The van der Waals surface area contributed by atoms with Crippen LogP contribution in [0.25, 0.3) is 0 Å². The van der Waals surface area contributed by atoms with Gasteiger partial charge in [0.15, 0.2) is 0 Å². The molecule has 6 nitrogen and oxygen atoms in total. The van der Waals surface area contributed by atoms with Crippen LogP contribution < -0.4 is 10.1 Å². The number of ether oxygens (including phenoxy) is 1. The highest BCUT2D eigenvalue weighted by Crippen LogP contribution is 2.31. The average Bonchev–Trinajstić information content (AvgIpc) is 2.70. The van der Waals surface area contributed by atoms with Crippen molar-refractivity contribution in [1.82, 2.24) is 4.31 Å². The third-order valence-corrected chi connectivity index (χ3v) is 7.61. The molecule has 1 heterocycles. The fraction of sp³-hybridized carbons (Fsp3) is 0.435. The number of hydrogen-bond donors (Lipinski definition) is 1. The maximum Gasteiger partial charge on any atom is 0.246 e. The standard InChI is InChI=1S/C23H30N2O4S/c1-15-6-7-20(29-5)21(14-15)30(27,28)25-10-8-19(9-11-25)23(26)24-22-17(3)12-16(2)13-18(22)4/h6-7,12-14,19H,8-11H2,1-5H3,(H,24,26). The summed E-state index contributed by atoms with van der Waals surface area (Å²) in [6, 6.07) is 9.23. The predicted octanol–water partition coefficient (Wildman–Crippen LogP) is 3.97. The number of hydrogen-bond acceptors (Lipinski definition) is 4. The number of benzene rings is 2. The SMILES string of the molecule is COc1ccc(C)cc1S(=O)(=O)N1CCC(C(=O)Nc2c(C)cc(C)cc2C)CC1. The molecule has 2 aromatic carbocycles. The average molecular weight is 431 g/mol. The van der Waals surface area contributed by atoms with Crippen LogP contribution in [0.3, 0.4) is 0 Å². The summed E-state index contributed by atoms with van der Waals surface area (Å²) in [4.78, 5) is 13.0. The Morgan fingerprint density at radius 2 is 1.60 bits per heavy atom. The van der Waals surface area contributed by atoms with Gasteiger partial charge >= 0.3 is 0 Å². The van der Waals surface area contributed by atoms with E-state index in [1.165, 1.54) is 11.4 Å². The normalized spacial score (nSPS) is 15.8. The van der Waals surface area contributed by atoms with E-state index >= 15 is 0 Å². The number of methoxy groups -OCH3 is 1. The minimum Gasteiger partial charge on any atom is -0.495 e. The molecule has 1 N–H and O–H groups in total. The van der Waals surface area contributed by atoms with E-state index < -0.39 is 10.0 Å². The molecule has 0 spiro atoms. The zero-order valence-corrected chi connectivity index (χ0v) is 19.1. The number of rotatable bonds is 5. The van der Waals surface area contributed by atoms with Crippen molar-refractivity contribution in [3.05, 3.63) is 52.6 Å². The number of sulfonamides is 1. The second-order valence-corrected chi connectivity index (χ2v) is 10.0. The first-order valence-electron chi connectivity index (χ1n) is 10.2. The number of nitrogens with one attached hydrogen (secondary N) is 1. The molecule has 0 aromatic heterocycles. The first-order chi connectivity index (χ1) is 14.1. The quantitative estimate of drug-likeness (QED) is 0.779. The summed E-state index contributed by atoms with van der Waals surface area (Å²) in [5, 5.41) is 3.06. The highest BCUT2D eigenvalue weighted by atomic mass is 32.2. The first-order valence-corrected chi connectivity index (χ1v) is 11.6. The summed E-state index contributed by atoms with van der Waals surface area (Å²) < 4.78 is 33.0. The second kappa shape index (κ2) is 8.78. The van der Waals surface area contributed by atoms with Gasteiger partial charge in [-0.25, -0.2) is 8.42 Å². The van der Waals surface area contributed by atoms with Crippen molar-refractivity contribution in [3.63, 3.8) is 0 Å². The Hall–Kier alpha value is -2.38. The molecule has 2 aromatic rings. The second-order valence-electron chi connectivity index (χ2n) is 8.10. The molecule has 3 rings (SSSR count). The monoisotopic (exact) mass is 430 g/mol. The summed E-state index contributed by atoms with van der Waals surface area (Å²) in [5.41, 5.74) is 4.94. The minimum atomic E-state index is -3.68. The topological polar surface area (TPSA) is 75.7 Å². The Kier molecular flexibility index (Phi) is 6.53. The Morgan fingerprint density at radius 3 is 2.17 bits per heavy atom. The van der Waals surface area contributed by atoms with Crippen molar-refractivity contribution < 1.29 is 17.9 Å². The zero-order valence-electron chi connectivity index (χ0n) is 18.3. The number of nitrogens with zero attached hydrogens (tertiary/aromatic N) is 1. The molecule has 0 saturated carbocycles. The third kappa shape index (κ3) is 4.52. The van der Waals surface area contributed by atoms with Gasteiger partial charge in [-0.1, -0.05) is 23.8 Å². The van der Waals surface area contributed by atoms with Crippen LogP contribution in [0.4, 0.5) is 5.69 Å². The van der Waals surface area contributed by atoms with Crippen LogP contribution >= 0.6 is 0 Å². The van der Waals surface area contributed by atoms with E-state index in [9.17, 15) is 13.2 Å². The number of amides is 1. The lowest BCUT2D eigenvalue weighted by molar-refractivity contribution is -0.120. The zero-order chi connectivity index (χ0) is 22.1. The number of anilines is 1. The van der Waals surface area contributed by atoms with Crippen molar-refractivity contribution in [2.24, 2.45) is 5.92 Å². The van der Waals surface area contributed by atoms with E-state index in [1.54, 1.807) is 12.1 Å². The Labute approximate surface area is 179 Å². The molecule has 0 radical (unpaired) electrons. The fourth-order valence-electron chi connectivity index (χ4n) is 4.09. The van der Waals surface area contributed by atoms with E-state index in [2.05, 4.69) is 5.32 Å². The van der Waals surface area contributed by atoms with Gasteiger partial charge in [0, 0.05) is 24.7 Å². The summed E-state index contributed by atoms with van der Waals surface area (Å²) in [6.45, 7) is 8.47. The van der Waals surface area contributed by atoms with Crippen LogP contribution in [0.2, 0.25) is 0 Å². The maximum atomic E-state index is 13.2. The van der Waals surface area contributed by atoms with Gasteiger partial charge in [0.2, 0.25) is 15.9 Å². The number of aryl methyl sites for hydroxylation is 4. The molecule has 30 heavy (non-hydrogen) atoms. The van der Waals surface area contributed by atoms with Crippen LogP contribution in [0.15, 0.2) is 35.2 Å². The molecule has 1 aliphatic rings. The molecule has 0 atom stereocenters. The Morgan fingerprint density at radius 1 is 1.00 bits per heavy atom. The number of carbonyl (C=O) groups is 1. The molecule has 1 saturated heterocycles. The molecule has 0 bridgehead atoms. The van der Waals surface area contributed by atoms with Gasteiger partial charge in [0.1, 0.15) is 10.6 Å². The Bertz CT molecular complexity index is 1030. The smallest absolute Gasteiger partial charge is 0.246 e. The van der Waals surface area contributed by atoms with Crippen LogP contribution in [0.1, 0.15) is 35.1 Å².